The van der Waals surface area contributed by atoms with Gasteiger partial charge in [-0.15, -0.1) is 10.2 Å². The van der Waals surface area contributed by atoms with Crippen molar-refractivity contribution in [2.75, 3.05) is 12.3 Å². The number of aromatic nitrogens is 2. The van der Waals surface area contributed by atoms with Gasteiger partial charge in [-0.2, -0.15) is 5.26 Å². The fourth-order valence-electron chi connectivity index (χ4n) is 0.695. The Morgan fingerprint density at radius 1 is 1.67 bits per heavy atom. The molecule has 1 aromatic heterocycles. The summed E-state index contributed by atoms with van der Waals surface area (Å²) in [4.78, 5) is 11.1. The van der Waals surface area contributed by atoms with Crippen molar-refractivity contribution in [1.82, 2.24) is 15.5 Å². The van der Waals surface area contributed by atoms with E-state index in [2.05, 4.69) is 15.5 Å². The molecule has 0 aliphatic carbocycles. The third kappa shape index (κ3) is 3.97. The zero-order valence-corrected chi connectivity index (χ0v) is 8.58. The first-order valence-corrected chi connectivity index (χ1v) is 5.03. The summed E-state index contributed by atoms with van der Waals surface area (Å²) in [5.41, 5.74) is 5.26. The molecule has 0 aliphatic heterocycles. The van der Waals surface area contributed by atoms with Gasteiger partial charge in [0.15, 0.2) is 0 Å². The van der Waals surface area contributed by atoms with Crippen LogP contribution >= 0.6 is 11.8 Å². The minimum atomic E-state index is -0.256. The minimum Gasteiger partial charge on any atom is -0.415 e. The van der Waals surface area contributed by atoms with Crippen molar-refractivity contribution in [2.45, 2.75) is 11.8 Å². The summed E-state index contributed by atoms with van der Waals surface area (Å²) >= 11 is 1.10. The minimum absolute atomic E-state index is 0.00270. The highest BCUT2D eigenvalue weighted by Gasteiger charge is 2.07. The van der Waals surface area contributed by atoms with Crippen LogP contribution in [0, 0.1) is 11.3 Å². The molecule has 0 atom stereocenters. The SMILES string of the molecule is N#CCNC(=O)CSc1nnc(CN)o1. The first kappa shape index (κ1) is 11.5. The number of nitriles is 1. The van der Waals surface area contributed by atoms with Crippen LogP contribution in [0.2, 0.25) is 0 Å². The fraction of sp³-hybridized carbons (Fsp3) is 0.429. The number of nitrogens with one attached hydrogen (secondary N) is 1. The molecule has 7 nitrogen and oxygen atoms in total. The highest BCUT2D eigenvalue weighted by Crippen LogP contribution is 2.14. The Balaban J connectivity index is 2.31. The molecule has 1 rings (SSSR count). The number of rotatable bonds is 5. The zero-order chi connectivity index (χ0) is 11.1. The van der Waals surface area contributed by atoms with Gasteiger partial charge in [-0.25, -0.2) is 0 Å². The Kier molecular flexibility index (Phi) is 4.59. The van der Waals surface area contributed by atoms with E-state index in [9.17, 15) is 4.79 Å². The topological polar surface area (TPSA) is 118 Å². The summed E-state index contributed by atoms with van der Waals surface area (Å²) in [5, 5.41) is 18.2. The van der Waals surface area contributed by atoms with Gasteiger partial charge in [0, 0.05) is 0 Å². The van der Waals surface area contributed by atoms with Gasteiger partial charge in [0.25, 0.3) is 5.22 Å². The Labute approximate surface area is 90.0 Å². The molecule has 3 N–H and O–H groups in total. The van der Waals surface area contributed by atoms with Crippen molar-refractivity contribution in [3.05, 3.63) is 5.89 Å². The normalized spacial score (nSPS) is 9.60. The summed E-state index contributed by atoms with van der Waals surface area (Å²) in [6.45, 7) is 0.172. The molecule has 1 heterocycles. The van der Waals surface area contributed by atoms with E-state index in [-0.39, 0.29) is 24.7 Å². The van der Waals surface area contributed by atoms with Crippen molar-refractivity contribution in [1.29, 1.82) is 5.26 Å². The maximum atomic E-state index is 11.1. The molecule has 0 aliphatic rings. The standard InChI is InChI=1S/C7H9N5O2S/c8-1-2-10-5(13)4-15-7-12-11-6(3-9)14-7/h2-4,9H2,(H,10,13). The van der Waals surface area contributed by atoms with Gasteiger partial charge in [0.05, 0.1) is 18.4 Å². The van der Waals surface area contributed by atoms with Crippen LogP contribution in [0.15, 0.2) is 9.64 Å². The van der Waals surface area contributed by atoms with Gasteiger partial charge >= 0.3 is 0 Å². The summed E-state index contributed by atoms with van der Waals surface area (Å²) in [5.74, 6) is 0.206. The summed E-state index contributed by atoms with van der Waals surface area (Å²) in [6.07, 6.45) is 0. The van der Waals surface area contributed by atoms with E-state index in [4.69, 9.17) is 15.4 Å². The van der Waals surface area contributed by atoms with Crippen LogP contribution in [0.4, 0.5) is 0 Å². The first-order chi connectivity index (χ1) is 7.26. The molecule has 0 bridgehead atoms. The van der Waals surface area contributed by atoms with Crippen LogP contribution in [-0.2, 0) is 11.3 Å². The molecule has 0 saturated carbocycles. The van der Waals surface area contributed by atoms with E-state index in [1.165, 1.54) is 0 Å². The molecule has 80 valence electrons. The van der Waals surface area contributed by atoms with Crippen molar-refractivity contribution >= 4 is 17.7 Å². The van der Waals surface area contributed by atoms with Crippen LogP contribution < -0.4 is 11.1 Å². The maximum Gasteiger partial charge on any atom is 0.277 e. The van der Waals surface area contributed by atoms with E-state index < -0.39 is 0 Å². The lowest BCUT2D eigenvalue weighted by Crippen LogP contribution is -2.25. The Bertz CT molecular complexity index is 372. The highest BCUT2D eigenvalue weighted by atomic mass is 32.2. The lowest BCUT2D eigenvalue weighted by Gasteiger charge is -1.96. The van der Waals surface area contributed by atoms with Gasteiger partial charge in [-0.3, -0.25) is 4.79 Å². The smallest absolute Gasteiger partial charge is 0.277 e. The maximum absolute atomic E-state index is 11.1. The molecular weight excluding hydrogens is 218 g/mol. The Morgan fingerprint density at radius 2 is 2.47 bits per heavy atom. The third-order valence-corrected chi connectivity index (χ3v) is 2.13. The van der Waals surface area contributed by atoms with E-state index in [1.807, 2.05) is 0 Å². The predicted octanol–water partition coefficient (Wildman–Crippen LogP) is -0.740. The van der Waals surface area contributed by atoms with Crippen molar-refractivity contribution in [3.63, 3.8) is 0 Å². The number of hydrogen-bond acceptors (Lipinski definition) is 7. The van der Waals surface area contributed by atoms with E-state index in [1.54, 1.807) is 6.07 Å². The van der Waals surface area contributed by atoms with Gasteiger partial charge in [-0.1, -0.05) is 11.8 Å². The van der Waals surface area contributed by atoms with Crippen molar-refractivity contribution in [2.24, 2.45) is 5.73 Å². The van der Waals surface area contributed by atoms with Gasteiger partial charge in [-0.05, 0) is 0 Å². The quantitative estimate of drug-likeness (QED) is 0.502. The number of thioether (sulfide) groups is 1. The monoisotopic (exact) mass is 227 g/mol. The predicted molar refractivity (Wildman–Crippen MR) is 51.5 cm³/mol. The average molecular weight is 227 g/mol. The summed E-state index contributed by atoms with van der Waals surface area (Å²) < 4.78 is 5.06. The Morgan fingerprint density at radius 3 is 3.07 bits per heavy atom. The molecule has 15 heavy (non-hydrogen) atoms. The molecule has 1 amide bonds. The number of amides is 1. The molecule has 0 unspecified atom stereocenters. The number of nitrogens with two attached hydrogens (primary N) is 1. The molecule has 0 radical (unpaired) electrons. The highest BCUT2D eigenvalue weighted by molar-refractivity contribution is 7.99. The molecule has 0 aromatic carbocycles. The zero-order valence-electron chi connectivity index (χ0n) is 7.77. The van der Waals surface area contributed by atoms with Crippen LogP contribution in [0.5, 0.6) is 0 Å². The molecule has 8 heteroatoms. The largest absolute Gasteiger partial charge is 0.415 e. The van der Waals surface area contributed by atoms with Crippen molar-refractivity contribution < 1.29 is 9.21 Å². The molecular formula is C7H9N5O2S. The second-order valence-electron chi connectivity index (χ2n) is 2.39. The lowest BCUT2D eigenvalue weighted by molar-refractivity contribution is -0.118. The van der Waals surface area contributed by atoms with Gasteiger partial charge < -0.3 is 15.5 Å². The first-order valence-electron chi connectivity index (χ1n) is 4.05. The van der Waals surface area contributed by atoms with Crippen LogP contribution in [0.25, 0.3) is 0 Å². The average Bonchev–Trinajstić information content (AvgIpc) is 2.71. The number of carbonyl (C=O) groups is 1. The van der Waals surface area contributed by atoms with Crippen molar-refractivity contribution in [3.8, 4) is 6.07 Å². The second kappa shape index (κ2) is 6.00. The van der Waals surface area contributed by atoms with E-state index in [0.717, 1.165) is 11.8 Å². The fourth-order valence-corrected chi connectivity index (χ4v) is 1.31. The molecule has 0 spiro atoms. The molecule has 1 aromatic rings. The van der Waals surface area contributed by atoms with Crippen LogP contribution in [0.1, 0.15) is 5.89 Å². The second-order valence-corrected chi connectivity index (χ2v) is 3.32. The molecule has 0 saturated heterocycles. The van der Waals surface area contributed by atoms with Gasteiger partial charge in [0.2, 0.25) is 11.8 Å². The van der Waals surface area contributed by atoms with E-state index in [0.29, 0.717) is 11.1 Å². The van der Waals surface area contributed by atoms with E-state index >= 15 is 0 Å². The number of hydrogen-bond donors (Lipinski definition) is 2. The lowest BCUT2D eigenvalue weighted by atomic mass is 10.6. The van der Waals surface area contributed by atoms with Crippen LogP contribution in [-0.4, -0.2) is 28.4 Å². The Hall–Kier alpha value is -1.59. The molecule has 0 fully saturated rings. The van der Waals surface area contributed by atoms with Crippen LogP contribution in [0.3, 0.4) is 0 Å². The van der Waals surface area contributed by atoms with Gasteiger partial charge in [0.1, 0.15) is 6.54 Å². The number of nitrogens with zero attached hydrogens (tertiary/aromatic N) is 3. The third-order valence-electron chi connectivity index (χ3n) is 1.31. The summed E-state index contributed by atoms with van der Waals surface area (Å²) in [7, 11) is 0. The summed E-state index contributed by atoms with van der Waals surface area (Å²) in [6, 6.07) is 1.80. The number of carbonyl (C=O) groups excluding carboxylic acids is 1.